The quantitative estimate of drug-likeness (QED) is 0.109. The first-order chi connectivity index (χ1) is 19.8. The van der Waals surface area contributed by atoms with Crippen LogP contribution >= 0.6 is 0 Å². The van der Waals surface area contributed by atoms with Crippen LogP contribution in [0.4, 0.5) is 0 Å². The molecule has 0 radical (unpaired) electrons. The van der Waals surface area contributed by atoms with Crippen molar-refractivity contribution < 1.29 is 9.47 Å². The Labute approximate surface area is 246 Å². The molecule has 40 heavy (non-hydrogen) atoms. The van der Waals surface area contributed by atoms with E-state index in [-0.39, 0.29) is 0 Å². The number of aromatic nitrogens is 2. The summed E-state index contributed by atoms with van der Waals surface area (Å²) in [5.41, 5.74) is 1.00. The highest BCUT2D eigenvalue weighted by Crippen LogP contribution is 2.34. The van der Waals surface area contributed by atoms with Gasteiger partial charge >= 0.3 is 0 Å². The van der Waals surface area contributed by atoms with Crippen molar-refractivity contribution >= 4 is 0 Å². The molecule has 0 saturated heterocycles. The lowest BCUT2D eigenvalue weighted by Gasteiger charge is -2.08. The monoisotopic (exact) mass is 550 g/mol. The number of hydrogen-bond donors (Lipinski definition) is 0. The summed E-state index contributed by atoms with van der Waals surface area (Å²) in [7, 11) is 0. The third kappa shape index (κ3) is 15.6. The molecular weight excluding hydrogens is 492 g/mol. The highest BCUT2D eigenvalue weighted by Gasteiger charge is 2.19. The maximum atomic E-state index is 5.94. The Balaban J connectivity index is 1.15. The summed E-state index contributed by atoms with van der Waals surface area (Å²) in [5, 5.41) is 0. The third-order valence-electron chi connectivity index (χ3n) is 8.23. The smallest absolute Gasteiger partial charge is 0.159 e. The van der Waals surface area contributed by atoms with E-state index in [0.29, 0.717) is 0 Å². The Hall–Kier alpha value is -2.10. The van der Waals surface area contributed by atoms with Crippen LogP contribution in [0.25, 0.3) is 11.4 Å². The van der Waals surface area contributed by atoms with E-state index < -0.39 is 0 Å². The van der Waals surface area contributed by atoms with Crippen LogP contribution in [0.3, 0.4) is 0 Å². The maximum Gasteiger partial charge on any atom is 0.159 e. The van der Waals surface area contributed by atoms with Gasteiger partial charge in [-0.1, -0.05) is 135 Å². The summed E-state index contributed by atoms with van der Waals surface area (Å²) in [6.45, 7) is 3.81. The van der Waals surface area contributed by atoms with Crippen LogP contribution in [-0.4, -0.2) is 23.2 Å². The van der Waals surface area contributed by atoms with Crippen molar-refractivity contribution in [3.8, 4) is 22.9 Å². The number of hydrogen-bond acceptors (Lipinski definition) is 4. The Morgan fingerprint density at radius 1 is 0.550 bits per heavy atom. The second kappa shape index (κ2) is 21.6. The van der Waals surface area contributed by atoms with Gasteiger partial charge in [0.1, 0.15) is 5.75 Å². The molecule has 0 unspecified atom stereocenters. The predicted octanol–water partition coefficient (Wildman–Crippen LogP) is 11.1. The zero-order valence-corrected chi connectivity index (χ0v) is 25.7. The summed E-state index contributed by atoms with van der Waals surface area (Å²) in [4.78, 5) is 9.03. The van der Waals surface area contributed by atoms with Gasteiger partial charge in [0, 0.05) is 5.56 Å². The van der Waals surface area contributed by atoms with Crippen LogP contribution < -0.4 is 9.47 Å². The van der Waals surface area contributed by atoms with E-state index in [1.165, 1.54) is 128 Å². The molecule has 1 aliphatic rings. The fraction of sp³-hybridized carbons (Fsp3) is 0.722. The van der Waals surface area contributed by atoms with E-state index in [1.54, 1.807) is 12.4 Å². The van der Waals surface area contributed by atoms with Gasteiger partial charge in [0.2, 0.25) is 0 Å². The summed E-state index contributed by atoms with van der Waals surface area (Å²) in [6, 6.07) is 8.12. The molecule has 0 atom stereocenters. The molecule has 4 heteroatoms. The van der Waals surface area contributed by atoms with Crippen molar-refractivity contribution in [3.05, 3.63) is 36.7 Å². The lowest BCUT2D eigenvalue weighted by Crippen LogP contribution is -1.99. The molecule has 1 aliphatic carbocycles. The molecule has 224 valence electrons. The second-order valence-electron chi connectivity index (χ2n) is 12.1. The molecule has 2 aromatic rings. The largest absolute Gasteiger partial charge is 0.494 e. The lowest BCUT2D eigenvalue weighted by molar-refractivity contribution is 0.302. The van der Waals surface area contributed by atoms with E-state index in [9.17, 15) is 0 Å². The van der Waals surface area contributed by atoms with Crippen molar-refractivity contribution in [2.75, 3.05) is 13.2 Å². The van der Waals surface area contributed by atoms with Gasteiger partial charge in [-0.3, -0.25) is 0 Å². The molecule has 0 bridgehead atoms. The van der Waals surface area contributed by atoms with Crippen molar-refractivity contribution in [1.29, 1.82) is 0 Å². The van der Waals surface area contributed by atoms with Crippen LogP contribution in [0.5, 0.6) is 11.5 Å². The molecule has 0 amide bonds. The summed E-state index contributed by atoms with van der Waals surface area (Å²) < 4.78 is 11.8. The summed E-state index contributed by atoms with van der Waals surface area (Å²) in [5.74, 6) is 3.50. The molecular formula is C36H58N2O2. The van der Waals surface area contributed by atoms with E-state index in [0.717, 1.165) is 54.9 Å². The van der Waals surface area contributed by atoms with Gasteiger partial charge in [-0.15, -0.1) is 0 Å². The first-order valence-electron chi connectivity index (χ1n) is 17.0. The topological polar surface area (TPSA) is 44.2 Å². The van der Waals surface area contributed by atoms with Crippen LogP contribution in [0, 0.1) is 5.92 Å². The molecule has 1 fully saturated rings. The molecule has 1 aromatic carbocycles. The van der Waals surface area contributed by atoms with Crippen LogP contribution in [-0.2, 0) is 0 Å². The van der Waals surface area contributed by atoms with Gasteiger partial charge in [0.15, 0.2) is 11.6 Å². The van der Waals surface area contributed by atoms with Gasteiger partial charge in [0.05, 0.1) is 25.6 Å². The van der Waals surface area contributed by atoms with E-state index in [4.69, 9.17) is 9.47 Å². The molecule has 3 rings (SSSR count). The van der Waals surface area contributed by atoms with Crippen LogP contribution in [0.15, 0.2) is 36.7 Å². The normalized spacial score (nSPS) is 13.0. The minimum atomic E-state index is 0.723. The van der Waals surface area contributed by atoms with Crippen molar-refractivity contribution in [3.63, 3.8) is 0 Å². The average molecular weight is 551 g/mol. The number of benzene rings is 1. The second-order valence-corrected chi connectivity index (χ2v) is 12.1. The first kappa shape index (κ1) is 32.4. The van der Waals surface area contributed by atoms with Crippen molar-refractivity contribution in [1.82, 2.24) is 9.97 Å². The molecule has 0 spiro atoms. The molecule has 0 N–H and O–H groups in total. The third-order valence-corrected chi connectivity index (χ3v) is 8.23. The van der Waals surface area contributed by atoms with Gasteiger partial charge in [-0.2, -0.15) is 0 Å². The molecule has 4 nitrogen and oxygen atoms in total. The SMILES string of the molecule is CCCCCCCCCCCCOc1ccc(-c2ncc(OCCCCCCCCCCCC3CC3)cn2)cc1. The van der Waals surface area contributed by atoms with Crippen LogP contribution in [0.1, 0.15) is 148 Å². The molecule has 0 aliphatic heterocycles. The zero-order valence-electron chi connectivity index (χ0n) is 25.7. The highest BCUT2D eigenvalue weighted by molar-refractivity contribution is 5.56. The maximum absolute atomic E-state index is 5.94. The summed E-state index contributed by atoms with van der Waals surface area (Å²) in [6.07, 6.45) is 33.7. The van der Waals surface area contributed by atoms with Crippen LogP contribution in [0.2, 0.25) is 0 Å². The van der Waals surface area contributed by atoms with Gasteiger partial charge in [-0.05, 0) is 43.0 Å². The van der Waals surface area contributed by atoms with E-state index in [2.05, 4.69) is 16.9 Å². The Morgan fingerprint density at radius 2 is 1.00 bits per heavy atom. The fourth-order valence-corrected chi connectivity index (χ4v) is 5.39. The number of rotatable bonds is 26. The highest BCUT2D eigenvalue weighted by atomic mass is 16.5. The lowest BCUT2D eigenvalue weighted by atomic mass is 10.1. The van der Waals surface area contributed by atoms with E-state index >= 15 is 0 Å². The molecule has 1 aromatic heterocycles. The molecule has 1 heterocycles. The zero-order chi connectivity index (χ0) is 27.9. The van der Waals surface area contributed by atoms with Crippen molar-refractivity contribution in [2.45, 2.75) is 148 Å². The number of nitrogens with zero attached hydrogens (tertiary/aromatic N) is 2. The van der Waals surface area contributed by atoms with Crippen molar-refractivity contribution in [2.24, 2.45) is 5.92 Å². The minimum absolute atomic E-state index is 0.723. The predicted molar refractivity (Wildman–Crippen MR) is 169 cm³/mol. The Morgan fingerprint density at radius 3 is 1.50 bits per heavy atom. The fourth-order valence-electron chi connectivity index (χ4n) is 5.39. The number of unbranched alkanes of at least 4 members (excludes halogenated alkanes) is 17. The average Bonchev–Trinajstić information content (AvgIpc) is 3.82. The van der Waals surface area contributed by atoms with E-state index in [1.807, 2.05) is 24.3 Å². The van der Waals surface area contributed by atoms with Gasteiger partial charge < -0.3 is 9.47 Å². The first-order valence-corrected chi connectivity index (χ1v) is 17.0. The van der Waals surface area contributed by atoms with Gasteiger partial charge in [0.25, 0.3) is 0 Å². The Kier molecular flexibility index (Phi) is 17.5. The standard InChI is InChI=1S/C36H58N2O2/c1-2-3-4-5-6-7-10-13-16-19-28-39-34-26-24-33(25-27-34)36-37-30-35(31-38-36)40-29-20-17-14-11-8-9-12-15-18-21-32-22-23-32/h24-27,30-32H,2-23,28-29H2,1H3. The van der Waals surface area contributed by atoms with Gasteiger partial charge in [-0.25, -0.2) is 9.97 Å². The minimum Gasteiger partial charge on any atom is -0.494 e. The summed E-state index contributed by atoms with van der Waals surface area (Å²) >= 11 is 0. The Bertz CT molecular complexity index is 848. The number of ether oxygens (including phenoxy) is 2. The molecule has 1 saturated carbocycles.